The van der Waals surface area contributed by atoms with Gasteiger partial charge in [0.15, 0.2) is 0 Å². The molecule has 0 aliphatic rings. The average molecular weight is 259 g/mol. The van der Waals surface area contributed by atoms with Gasteiger partial charge in [-0.25, -0.2) is 8.42 Å². The summed E-state index contributed by atoms with van der Waals surface area (Å²) in [5, 5.41) is 0. The molecule has 0 aromatic heterocycles. The van der Waals surface area contributed by atoms with Crippen molar-refractivity contribution in [3.05, 3.63) is 29.8 Å². The summed E-state index contributed by atoms with van der Waals surface area (Å²) in [7, 11) is -3.93. The van der Waals surface area contributed by atoms with Gasteiger partial charge >= 0.3 is 0 Å². The van der Waals surface area contributed by atoms with Crippen LogP contribution in [0.25, 0.3) is 0 Å². The Kier molecular flexibility index (Phi) is 4.70. The Morgan fingerprint density at radius 2 is 1.88 bits per heavy atom. The molecule has 0 radical (unpaired) electrons. The first-order valence-corrected chi connectivity index (χ1v) is 8.10. The number of rotatable bonds is 5. The smallest absolute Gasteiger partial charge is 0.206 e. The number of nitrogens with one attached hydrogen (secondary N) is 1. The Morgan fingerprint density at radius 3 is 2.38 bits per heavy atom. The highest BCUT2D eigenvalue weighted by Crippen LogP contribution is 2.15. The lowest BCUT2D eigenvalue weighted by molar-refractivity contribution is 0.594. The minimum atomic E-state index is -3.40. The number of hydrogen-bond acceptors (Lipinski definition) is 2. The van der Waals surface area contributed by atoms with E-state index in [2.05, 4.69) is 10.00 Å². The zero-order valence-electron chi connectivity index (χ0n) is 9.56. The van der Waals surface area contributed by atoms with Crippen molar-refractivity contribution in [2.45, 2.75) is 25.2 Å². The van der Waals surface area contributed by atoms with Crippen LogP contribution in [-0.4, -0.2) is 20.0 Å². The highest BCUT2D eigenvalue weighted by molar-refractivity contribution is 8.19. The number of sulfonamides is 1. The van der Waals surface area contributed by atoms with Gasteiger partial charge in [0.25, 0.3) is 0 Å². The molecule has 5 heteroatoms. The molecule has 0 spiro atoms. The van der Waals surface area contributed by atoms with Gasteiger partial charge < -0.3 is 0 Å². The van der Waals surface area contributed by atoms with E-state index in [0.29, 0.717) is 4.90 Å². The molecule has 0 aliphatic heterocycles. The van der Waals surface area contributed by atoms with Gasteiger partial charge in [0.05, 0.1) is 4.90 Å². The summed E-state index contributed by atoms with van der Waals surface area (Å²) in [6.07, 6.45) is 0.920. The largest absolute Gasteiger partial charge is 0.249 e. The van der Waals surface area contributed by atoms with E-state index in [1.165, 1.54) is 0 Å². The van der Waals surface area contributed by atoms with Crippen molar-refractivity contribution in [2.24, 2.45) is 0 Å². The molecule has 0 bridgehead atoms. The second-order valence-corrected chi connectivity index (χ2v) is 7.14. The van der Waals surface area contributed by atoms with Gasteiger partial charge in [-0.15, -0.1) is 10.7 Å². The van der Waals surface area contributed by atoms with Crippen LogP contribution >= 0.6 is 10.7 Å². The standard InChI is InChI=1S/C11H17NO2S2/c1-4-9-15(3)12-16(13,14)11-7-5-10(2)6-8-11/h5-8,12H,3-4,9H2,1-2H3. The lowest BCUT2D eigenvalue weighted by Gasteiger charge is -2.09. The van der Waals surface area contributed by atoms with E-state index >= 15 is 0 Å². The summed E-state index contributed by atoms with van der Waals surface area (Å²) >= 11 is 0. The highest BCUT2D eigenvalue weighted by atomic mass is 32.3. The normalized spacial score (nSPS) is 13.6. The Morgan fingerprint density at radius 1 is 1.31 bits per heavy atom. The lowest BCUT2D eigenvalue weighted by Crippen LogP contribution is -2.19. The van der Waals surface area contributed by atoms with Crippen molar-refractivity contribution in [1.29, 1.82) is 0 Å². The number of benzene rings is 1. The fourth-order valence-corrected chi connectivity index (χ4v) is 4.16. The van der Waals surface area contributed by atoms with Gasteiger partial charge in [0, 0.05) is 5.75 Å². The van der Waals surface area contributed by atoms with Crippen LogP contribution in [0.2, 0.25) is 0 Å². The van der Waals surface area contributed by atoms with Crippen LogP contribution in [0.4, 0.5) is 0 Å². The summed E-state index contributed by atoms with van der Waals surface area (Å²) in [4.78, 5) is 0.301. The van der Waals surface area contributed by atoms with E-state index < -0.39 is 20.7 Å². The molecule has 1 aromatic rings. The van der Waals surface area contributed by atoms with E-state index in [9.17, 15) is 8.42 Å². The molecule has 16 heavy (non-hydrogen) atoms. The van der Waals surface area contributed by atoms with Gasteiger partial charge in [-0.3, -0.25) is 0 Å². The van der Waals surface area contributed by atoms with Gasteiger partial charge in [-0.2, -0.15) is 4.13 Å². The second-order valence-electron chi connectivity index (χ2n) is 3.60. The van der Waals surface area contributed by atoms with Crippen LogP contribution in [0.5, 0.6) is 0 Å². The summed E-state index contributed by atoms with van der Waals surface area (Å²) in [5.41, 5.74) is 1.04. The average Bonchev–Trinajstić information content (AvgIpc) is 2.17. The molecule has 0 saturated heterocycles. The summed E-state index contributed by atoms with van der Waals surface area (Å²) in [6, 6.07) is 6.80. The first kappa shape index (κ1) is 13.4. The molecular formula is C11H17NO2S2. The van der Waals surface area contributed by atoms with Crippen molar-refractivity contribution in [2.75, 3.05) is 5.75 Å². The SMILES string of the molecule is C=S(CCC)NS(=O)(=O)c1ccc(C)cc1. The molecule has 1 rings (SSSR count). The molecule has 1 N–H and O–H groups in total. The molecule has 3 nitrogen and oxygen atoms in total. The summed E-state index contributed by atoms with van der Waals surface area (Å²) in [5.74, 6) is 4.56. The van der Waals surface area contributed by atoms with Crippen molar-refractivity contribution >= 4 is 26.6 Å². The second kappa shape index (κ2) is 5.61. The van der Waals surface area contributed by atoms with Crippen molar-refractivity contribution in [1.82, 2.24) is 4.13 Å². The lowest BCUT2D eigenvalue weighted by atomic mass is 10.2. The monoisotopic (exact) mass is 259 g/mol. The third-order valence-corrected chi connectivity index (χ3v) is 5.62. The van der Waals surface area contributed by atoms with Gasteiger partial charge in [-0.05, 0) is 25.5 Å². The number of aryl methyl sites for hydroxylation is 1. The quantitative estimate of drug-likeness (QED) is 0.825. The van der Waals surface area contributed by atoms with Crippen LogP contribution in [0.15, 0.2) is 29.2 Å². The Labute approximate surface area is 100.0 Å². The Hall–Kier alpha value is -0.650. The molecule has 0 heterocycles. The fraction of sp³-hybridized carbons (Fsp3) is 0.364. The molecule has 90 valence electrons. The third-order valence-electron chi connectivity index (χ3n) is 2.01. The topological polar surface area (TPSA) is 46.2 Å². The third kappa shape index (κ3) is 3.73. The van der Waals surface area contributed by atoms with E-state index in [1.807, 2.05) is 13.8 Å². The van der Waals surface area contributed by atoms with Gasteiger partial charge in [-0.1, -0.05) is 30.5 Å². The maximum absolute atomic E-state index is 11.9. The Balaban J connectivity index is 2.86. The summed E-state index contributed by atoms with van der Waals surface area (Å²) in [6.45, 7) is 3.93. The first-order chi connectivity index (χ1) is 7.45. The molecule has 1 aromatic carbocycles. The molecular weight excluding hydrogens is 242 g/mol. The maximum Gasteiger partial charge on any atom is 0.249 e. The van der Waals surface area contributed by atoms with E-state index in [1.54, 1.807) is 24.3 Å². The van der Waals surface area contributed by atoms with E-state index in [-0.39, 0.29) is 0 Å². The molecule has 0 aliphatic carbocycles. The van der Waals surface area contributed by atoms with Crippen molar-refractivity contribution < 1.29 is 8.42 Å². The molecule has 1 unspecified atom stereocenters. The van der Waals surface area contributed by atoms with E-state index in [4.69, 9.17) is 0 Å². The van der Waals surface area contributed by atoms with Gasteiger partial charge in [0.1, 0.15) is 0 Å². The van der Waals surface area contributed by atoms with Crippen LogP contribution in [0.3, 0.4) is 0 Å². The van der Waals surface area contributed by atoms with Gasteiger partial charge in [0.2, 0.25) is 10.0 Å². The highest BCUT2D eigenvalue weighted by Gasteiger charge is 2.13. The maximum atomic E-state index is 11.9. The van der Waals surface area contributed by atoms with E-state index in [0.717, 1.165) is 17.7 Å². The predicted octanol–water partition coefficient (Wildman–Crippen LogP) is 2.30. The van der Waals surface area contributed by atoms with Crippen LogP contribution in [-0.2, 0) is 10.0 Å². The number of hydrogen-bond donors (Lipinski definition) is 1. The predicted molar refractivity (Wildman–Crippen MR) is 71.4 cm³/mol. The Bertz CT molecular complexity index is 463. The zero-order valence-corrected chi connectivity index (χ0v) is 11.2. The molecule has 1 atom stereocenters. The first-order valence-electron chi connectivity index (χ1n) is 5.05. The van der Waals surface area contributed by atoms with Crippen LogP contribution in [0, 0.1) is 6.92 Å². The zero-order chi connectivity index (χ0) is 12.2. The van der Waals surface area contributed by atoms with Crippen molar-refractivity contribution in [3.63, 3.8) is 0 Å². The minimum Gasteiger partial charge on any atom is -0.206 e. The van der Waals surface area contributed by atoms with Crippen molar-refractivity contribution in [3.8, 4) is 0 Å². The minimum absolute atomic E-state index is 0.301. The fourth-order valence-electron chi connectivity index (χ4n) is 1.21. The molecule has 0 fully saturated rings. The van der Waals surface area contributed by atoms with Crippen LogP contribution in [0.1, 0.15) is 18.9 Å². The summed E-state index contributed by atoms with van der Waals surface area (Å²) < 4.78 is 26.4. The molecule has 0 amide bonds. The van der Waals surface area contributed by atoms with Crippen LogP contribution < -0.4 is 4.13 Å². The molecule has 0 saturated carbocycles.